The number of ether oxygens (including phenoxy) is 4. The molecule has 1 N–H and O–H groups in total. The zero-order valence-corrected chi connectivity index (χ0v) is 22.7. The minimum atomic E-state index is -4.86. The number of alkyl halides is 6. The van der Waals surface area contributed by atoms with Crippen LogP contribution in [0.2, 0.25) is 0 Å². The normalized spacial score (nSPS) is 11.2. The first kappa shape index (κ1) is 35.3. The molecule has 0 aliphatic carbocycles. The zero-order chi connectivity index (χ0) is 34.4. The largest absolute Gasteiger partial charge is 0.573 e. The van der Waals surface area contributed by atoms with E-state index in [0.717, 1.165) is 66.7 Å². The molecule has 0 bridgehead atoms. The Hall–Kier alpha value is -5.19. The lowest BCUT2D eigenvalue weighted by Crippen LogP contribution is -2.16. The van der Waals surface area contributed by atoms with Gasteiger partial charge in [-0.2, -0.15) is 0 Å². The average molecular weight is 687 g/mol. The van der Waals surface area contributed by atoms with Crippen LogP contribution in [0.4, 0.5) is 43.9 Å². The fourth-order valence-electron chi connectivity index (χ4n) is 3.29. The number of halogens is 11. The summed E-state index contributed by atoms with van der Waals surface area (Å²) in [5, 5.41) is 7.61. The molecule has 0 fully saturated rings. The maximum absolute atomic E-state index is 13.6. The number of aromatic carboxylic acids is 1. The molecule has 0 aliphatic heterocycles. The molecule has 0 unspecified atom stereocenters. The number of carboxylic acid groups (broad SMARTS) is 1. The highest BCUT2D eigenvalue weighted by Crippen LogP contribution is 2.33. The first-order chi connectivity index (χ1) is 21.3. The van der Waals surface area contributed by atoms with E-state index in [9.17, 15) is 53.5 Å². The average Bonchev–Trinajstić information content (AvgIpc) is 2.93. The third kappa shape index (κ3) is 9.91. The van der Waals surface area contributed by atoms with Gasteiger partial charge in [-0.25, -0.2) is 22.4 Å². The van der Waals surface area contributed by atoms with Gasteiger partial charge in [-0.3, -0.25) is 4.79 Å². The van der Waals surface area contributed by atoms with Crippen molar-refractivity contribution >= 4 is 22.8 Å². The van der Waals surface area contributed by atoms with Crippen LogP contribution in [0.15, 0.2) is 72.8 Å². The Morgan fingerprint density at radius 1 is 0.543 bits per heavy atom. The van der Waals surface area contributed by atoms with E-state index in [4.69, 9.17) is 26.2 Å². The number of benzene rings is 4. The van der Waals surface area contributed by atoms with Gasteiger partial charge in [0.25, 0.3) is 5.24 Å². The van der Waals surface area contributed by atoms with Crippen molar-refractivity contribution in [3.05, 3.63) is 107 Å². The molecule has 4 aromatic rings. The first-order valence-corrected chi connectivity index (χ1v) is 12.2. The summed E-state index contributed by atoms with van der Waals surface area (Å²) >= 11 is 5.18. The summed E-state index contributed by atoms with van der Waals surface area (Å²) in [6.07, 6.45) is -9.71. The third-order valence-electron chi connectivity index (χ3n) is 5.09. The summed E-state index contributed by atoms with van der Waals surface area (Å²) in [5.41, 5.74) is -1.84. The van der Waals surface area contributed by atoms with E-state index in [0.29, 0.717) is 6.07 Å². The highest BCUT2D eigenvalue weighted by Gasteiger charge is 2.32. The molecule has 4 rings (SSSR count). The van der Waals surface area contributed by atoms with Gasteiger partial charge in [-0.15, -0.1) is 26.3 Å². The van der Waals surface area contributed by atoms with Crippen LogP contribution in [0.5, 0.6) is 34.5 Å². The number of hydrogen-bond donors (Lipinski definition) is 1. The molecule has 7 nitrogen and oxygen atoms in total. The van der Waals surface area contributed by atoms with Crippen LogP contribution in [-0.2, 0) is 0 Å². The summed E-state index contributed by atoms with van der Waals surface area (Å²) in [7, 11) is 0. The van der Waals surface area contributed by atoms with Crippen LogP contribution >= 0.6 is 11.6 Å². The second kappa shape index (κ2) is 14.3. The Bertz CT molecular complexity index is 1580. The molecule has 0 atom stereocenters. The number of carboxylic acids is 1. The Morgan fingerprint density at radius 2 is 0.870 bits per heavy atom. The minimum absolute atomic E-state index is 0.0373. The van der Waals surface area contributed by atoms with E-state index in [1.54, 1.807) is 0 Å². The van der Waals surface area contributed by atoms with Crippen molar-refractivity contribution in [2.24, 2.45) is 0 Å². The van der Waals surface area contributed by atoms with Crippen molar-refractivity contribution in [3.8, 4) is 34.5 Å². The fraction of sp³-hybridized carbons (Fsp3) is 0.0714. The van der Waals surface area contributed by atoms with Crippen molar-refractivity contribution < 1.29 is 77.5 Å². The predicted molar refractivity (Wildman–Crippen MR) is 136 cm³/mol. The van der Waals surface area contributed by atoms with Crippen LogP contribution in [-0.4, -0.2) is 29.0 Å². The topological polar surface area (TPSA) is 91.3 Å². The Kier molecular flexibility index (Phi) is 11.0. The van der Waals surface area contributed by atoms with E-state index >= 15 is 0 Å². The van der Waals surface area contributed by atoms with Crippen molar-refractivity contribution in [3.63, 3.8) is 0 Å². The molecule has 0 heterocycles. The summed E-state index contributed by atoms with van der Waals surface area (Å²) in [6.45, 7) is 0. The van der Waals surface area contributed by atoms with Crippen LogP contribution in [0.25, 0.3) is 0 Å². The van der Waals surface area contributed by atoms with Crippen molar-refractivity contribution in [1.29, 1.82) is 0 Å². The maximum Gasteiger partial charge on any atom is 0.573 e. The second-order valence-electron chi connectivity index (χ2n) is 8.29. The fourth-order valence-corrected chi connectivity index (χ4v) is 3.47. The van der Waals surface area contributed by atoms with Gasteiger partial charge in [0, 0.05) is 0 Å². The predicted octanol–water partition coefficient (Wildman–Crippen LogP) is 9.39. The first-order valence-electron chi connectivity index (χ1n) is 11.8. The molecule has 0 amide bonds. The molecule has 0 aromatic heterocycles. The molecule has 244 valence electrons. The molecule has 4 aromatic carbocycles. The van der Waals surface area contributed by atoms with Crippen LogP contribution in [0.3, 0.4) is 0 Å². The minimum Gasteiger partial charge on any atom is -0.477 e. The molecule has 0 saturated carbocycles. The molecular formula is C28H13ClF10O7. The SMILES string of the molecule is O=C(Cl)c1c(Oc2ccc(OC(F)(F)F)cc2)ccc(F)c1F.O=C(O)c1c(Oc2ccc(OC(F)(F)F)cc2)ccc(F)c1F. The van der Waals surface area contributed by atoms with Crippen molar-refractivity contribution in [2.75, 3.05) is 0 Å². The van der Waals surface area contributed by atoms with E-state index in [1.807, 2.05) is 0 Å². The monoisotopic (exact) mass is 686 g/mol. The molecule has 46 heavy (non-hydrogen) atoms. The highest BCUT2D eigenvalue weighted by molar-refractivity contribution is 6.68. The number of hydrogen-bond acceptors (Lipinski definition) is 6. The summed E-state index contributed by atoms with van der Waals surface area (Å²) in [6, 6.07) is 11.3. The van der Waals surface area contributed by atoms with Crippen molar-refractivity contribution in [2.45, 2.75) is 12.7 Å². The van der Waals surface area contributed by atoms with Crippen molar-refractivity contribution in [1.82, 2.24) is 0 Å². The lowest BCUT2D eigenvalue weighted by molar-refractivity contribution is -0.275. The van der Waals surface area contributed by atoms with E-state index in [1.165, 1.54) is 0 Å². The second-order valence-corrected chi connectivity index (χ2v) is 8.63. The van der Waals surface area contributed by atoms with E-state index < -0.39 is 75.6 Å². The highest BCUT2D eigenvalue weighted by atomic mass is 35.5. The molecule has 0 spiro atoms. The van der Waals surface area contributed by atoms with Crippen LogP contribution in [0.1, 0.15) is 20.7 Å². The lowest BCUT2D eigenvalue weighted by atomic mass is 10.2. The third-order valence-corrected chi connectivity index (χ3v) is 5.28. The lowest BCUT2D eigenvalue weighted by Gasteiger charge is -2.11. The molecule has 0 saturated heterocycles. The molecular weight excluding hydrogens is 674 g/mol. The van der Waals surface area contributed by atoms with Gasteiger partial charge in [0.2, 0.25) is 0 Å². The van der Waals surface area contributed by atoms with Gasteiger partial charge in [0.05, 0.1) is 0 Å². The molecule has 18 heteroatoms. The van der Waals surface area contributed by atoms with Crippen LogP contribution in [0, 0.1) is 23.3 Å². The van der Waals surface area contributed by atoms with E-state index in [-0.39, 0.29) is 17.2 Å². The van der Waals surface area contributed by atoms with Gasteiger partial charge in [-0.1, -0.05) is 0 Å². The van der Waals surface area contributed by atoms with E-state index in [2.05, 4.69) is 9.47 Å². The zero-order valence-electron chi connectivity index (χ0n) is 22.0. The van der Waals surface area contributed by atoms with Gasteiger partial charge in [0.15, 0.2) is 23.3 Å². The van der Waals surface area contributed by atoms with Gasteiger partial charge >= 0.3 is 18.7 Å². The maximum atomic E-state index is 13.6. The summed E-state index contributed by atoms with van der Waals surface area (Å²) < 4.78 is 143. The number of carbonyl (C=O) groups is 2. The van der Waals surface area contributed by atoms with Gasteiger partial charge in [-0.05, 0) is 84.4 Å². The number of rotatable bonds is 8. The van der Waals surface area contributed by atoms with Gasteiger partial charge < -0.3 is 24.1 Å². The van der Waals surface area contributed by atoms with Crippen LogP contribution < -0.4 is 18.9 Å². The van der Waals surface area contributed by atoms with Gasteiger partial charge in [0.1, 0.15) is 45.6 Å². The summed E-state index contributed by atoms with van der Waals surface area (Å²) in [5.74, 6) is -9.54. The molecule has 0 radical (unpaired) electrons. The number of carbonyl (C=O) groups excluding carboxylic acids is 1. The Balaban J connectivity index is 0.000000250. The quantitative estimate of drug-likeness (QED) is 0.146. The Morgan fingerprint density at radius 3 is 1.20 bits per heavy atom. The Labute approximate surface area is 255 Å². The smallest absolute Gasteiger partial charge is 0.477 e. The summed E-state index contributed by atoms with van der Waals surface area (Å²) in [4.78, 5) is 22.1. The molecule has 0 aliphatic rings. The standard InChI is InChI=1S/C14H6ClF5O3.C14H7F5O4/c15-13(21)11-10(6-5-9(16)12(11)17)22-7-1-3-8(4-2-7)23-14(18,19)20;15-9-5-6-10(11(12(9)16)13(20)21)22-7-1-3-8(4-2-7)23-14(17,18)19/h1-6H;1-6H,(H,20,21).